The lowest BCUT2D eigenvalue weighted by molar-refractivity contribution is -0.386. The van der Waals surface area contributed by atoms with Crippen molar-refractivity contribution in [3.8, 4) is 5.75 Å². The van der Waals surface area contributed by atoms with Crippen LogP contribution < -0.4 is 5.32 Å². The molecule has 1 aliphatic carbocycles. The number of thiophene rings is 1. The molecule has 7 nitrogen and oxygen atoms in total. The first-order valence-corrected chi connectivity index (χ1v) is 12.9. The van der Waals surface area contributed by atoms with Gasteiger partial charge >= 0.3 is 5.69 Å². The van der Waals surface area contributed by atoms with Crippen LogP contribution in [0.1, 0.15) is 53.6 Å². The molecule has 182 valence electrons. The Morgan fingerprint density at radius 2 is 2.00 bits per heavy atom. The monoisotopic (exact) mass is 555 g/mol. The van der Waals surface area contributed by atoms with E-state index in [0.29, 0.717) is 27.7 Å². The second-order valence-electron chi connectivity index (χ2n) is 9.70. The minimum Gasteiger partial charge on any atom is -0.501 e. The second kappa shape index (κ2) is 9.91. The molecule has 3 aromatic rings. The highest BCUT2D eigenvalue weighted by atomic mass is 79.9. The zero-order chi connectivity index (χ0) is 25.3. The molecule has 1 amide bonds. The molecule has 0 spiro atoms. The molecule has 4 rings (SSSR count). The van der Waals surface area contributed by atoms with E-state index in [0.717, 1.165) is 24.8 Å². The van der Waals surface area contributed by atoms with Crippen molar-refractivity contribution in [1.29, 1.82) is 0 Å². The normalized spacial score (nSPS) is 15.7. The summed E-state index contributed by atoms with van der Waals surface area (Å²) in [4.78, 5) is 29.8. The number of anilines is 1. The third kappa shape index (κ3) is 5.46. The molecule has 9 heteroatoms. The number of carbonyl (C=O) groups excluding carboxylic acids is 1. The Hall–Kier alpha value is -3.04. The number of amides is 1. The molecular formula is C26H26BrN3O4S. The summed E-state index contributed by atoms with van der Waals surface area (Å²) in [6.45, 7) is 6.73. The van der Waals surface area contributed by atoms with E-state index >= 15 is 0 Å². The van der Waals surface area contributed by atoms with Crippen molar-refractivity contribution in [3.05, 3.63) is 78.6 Å². The van der Waals surface area contributed by atoms with Crippen LogP contribution in [-0.4, -0.2) is 22.2 Å². The fourth-order valence-electron chi connectivity index (χ4n) is 4.30. The summed E-state index contributed by atoms with van der Waals surface area (Å²) in [5.41, 5.74) is 2.48. The molecule has 0 unspecified atom stereocenters. The molecule has 0 radical (unpaired) electrons. The average Bonchev–Trinajstić information content (AvgIpc) is 3.17. The maximum atomic E-state index is 13.4. The highest BCUT2D eigenvalue weighted by Crippen LogP contribution is 2.45. The Bertz CT molecular complexity index is 1310. The number of aromatic hydroxyl groups is 1. The lowest BCUT2D eigenvalue weighted by Crippen LogP contribution is -2.27. The van der Waals surface area contributed by atoms with Gasteiger partial charge in [-0.1, -0.05) is 39.0 Å². The van der Waals surface area contributed by atoms with Crippen LogP contribution in [0.15, 0.2) is 51.9 Å². The van der Waals surface area contributed by atoms with Crippen molar-refractivity contribution in [1.82, 2.24) is 0 Å². The lowest BCUT2D eigenvalue weighted by atomic mass is 9.72. The number of nitro groups is 1. The van der Waals surface area contributed by atoms with Crippen molar-refractivity contribution >= 4 is 55.8 Å². The number of phenolic OH excluding ortho intramolecular Hbond substituents is 1. The number of halogens is 1. The van der Waals surface area contributed by atoms with Crippen LogP contribution in [-0.2, 0) is 12.8 Å². The van der Waals surface area contributed by atoms with Gasteiger partial charge in [0.15, 0.2) is 0 Å². The molecule has 2 N–H and O–H groups in total. The highest BCUT2D eigenvalue weighted by molar-refractivity contribution is 9.10. The standard InChI is InChI=1S/C26H26BrN3O4S/c1-26(2,3)16-9-10-18-21(13-16)35-25(22(18)24(32)29-17-7-5-4-6-8-17)28-14-15-11-19(27)23(31)20(12-15)30(33)34/h4-8,11-12,14,16,31H,9-10,13H2,1-3H3,(H,29,32)/t16-/m1/s1. The third-order valence-electron chi connectivity index (χ3n) is 6.32. The number of benzene rings is 2. The van der Waals surface area contributed by atoms with Gasteiger partial charge in [0.1, 0.15) is 5.00 Å². The summed E-state index contributed by atoms with van der Waals surface area (Å²) in [5.74, 6) is -0.144. The van der Waals surface area contributed by atoms with Crippen molar-refractivity contribution in [2.75, 3.05) is 5.32 Å². The Labute approximate surface area is 216 Å². The molecule has 0 saturated carbocycles. The van der Waals surface area contributed by atoms with Crippen LogP contribution in [0.3, 0.4) is 0 Å². The van der Waals surface area contributed by atoms with Crippen molar-refractivity contribution in [2.24, 2.45) is 16.3 Å². The maximum absolute atomic E-state index is 13.4. The number of nitro benzene ring substituents is 1. The van der Waals surface area contributed by atoms with Gasteiger partial charge in [0, 0.05) is 28.4 Å². The van der Waals surface area contributed by atoms with Crippen LogP contribution in [0.5, 0.6) is 5.75 Å². The summed E-state index contributed by atoms with van der Waals surface area (Å²) < 4.78 is 0.202. The van der Waals surface area contributed by atoms with Gasteiger partial charge in [-0.25, -0.2) is 4.99 Å². The zero-order valence-electron chi connectivity index (χ0n) is 19.7. The fraction of sp³-hybridized carbons (Fsp3) is 0.308. The molecule has 0 saturated heterocycles. The van der Waals surface area contributed by atoms with E-state index < -0.39 is 16.4 Å². The van der Waals surface area contributed by atoms with Gasteiger partial charge in [-0.3, -0.25) is 14.9 Å². The largest absolute Gasteiger partial charge is 0.501 e. The number of nitrogens with one attached hydrogen (secondary N) is 1. The van der Waals surface area contributed by atoms with Crippen LogP contribution in [0, 0.1) is 21.4 Å². The maximum Gasteiger partial charge on any atom is 0.312 e. The number of para-hydroxylation sites is 1. The molecular weight excluding hydrogens is 530 g/mol. The van der Waals surface area contributed by atoms with Crippen molar-refractivity contribution in [3.63, 3.8) is 0 Å². The molecule has 0 aliphatic heterocycles. The summed E-state index contributed by atoms with van der Waals surface area (Å²) >= 11 is 4.66. The highest BCUT2D eigenvalue weighted by Gasteiger charge is 2.33. The number of nitrogens with zero attached hydrogens (tertiary/aromatic N) is 2. The van der Waals surface area contributed by atoms with Gasteiger partial charge in [0.05, 0.1) is 15.0 Å². The first kappa shape index (κ1) is 25.1. The molecule has 2 aromatic carbocycles. The quantitative estimate of drug-likeness (QED) is 0.196. The minimum atomic E-state index is -0.646. The van der Waals surface area contributed by atoms with Crippen LogP contribution >= 0.6 is 27.3 Å². The van der Waals surface area contributed by atoms with Crippen molar-refractivity contribution < 1.29 is 14.8 Å². The van der Waals surface area contributed by atoms with Gasteiger partial charge in [-0.05, 0) is 70.3 Å². The van der Waals surface area contributed by atoms with Crippen LogP contribution in [0.2, 0.25) is 0 Å². The lowest BCUT2D eigenvalue weighted by Gasteiger charge is -2.33. The number of hydrogen-bond acceptors (Lipinski definition) is 6. The fourth-order valence-corrected chi connectivity index (χ4v) is 6.04. The number of fused-ring (bicyclic) bond motifs is 1. The van der Waals surface area contributed by atoms with E-state index in [1.54, 1.807) is 6.07 Å². The van der Waals surface area contributed by atoms with E-state index in [-0.39, 0.29) is 15.8 Å². The number of hydrogen-bond donors (Lipinski definition) is 2. The summed E-state index contributed by atoms with van der Waals surface area (Å²) in [6.07, 6.45) is 4.19. The smallest absolute Gasteiger partial charge is 0.312 e. The Kier molecular flexibility index (Phi) is 7.10. The van der Waals surface area contributed by atoms with Crippen molar-refractivity contribution in [2.45, 2.75) is 40.0 Å². The SMILES string of the molecule is CC(C)(C)[C@@H]1CCc2c(sc(N=Cc3cc(Br)c(O)c([N+](=O)[O-])c3)c2C(=O)Nc2ccccc2)C1. The average molecular weight is 556 g/mol. The van der Waals surface area contributed by atoms with Gasteiger partial charge in [-0.15, -0.1) is 11.3 Å². The molecule has 1 aromatic heterocycles. The molecule has 1 aliphatic rings. The molecule has 0 fully saturated rings. The third-order valence-corrected chi connectivity index (χ3v) is 8.09. The molecule has 35 heavy (non-hydrogen) atoms. The van der Waals surface area contributed by atoms with Gasteiger partial charge in [0.25, 0.3) is 5.91 Å². The van der Waals surface area contributed by atoms with E-state index in [9.17, 15) is 20.0 Å². The number of rotatable bonds is 5. The molecule has 1 atom stereocenters. The second-order valence-corrected chi connectivity index (χ2v) is 11.6. The number of carbonyl (C=O) groups is 1. The van der Waals surface area contributed by atoms with E-state index in [1.165, 1.54) is 28.5 Å². The summed E-state index contributed by atoms with van der Waals surface area (Å²) in [7, 11) is 0. The van der Waals surface area contributed by atoms with E-state index in [4.69, 9.17) is 0 Å². The van der Waals surface area contributed by atoms with E-state index in [2.05, 4.69) is 47.0 Å². The Morgan fingerprint density at radius 1 is 1.29 bits per heavy atom. The van der Waals surface area contributed by atoms with Gasteiger partial charge < -0.3 is 10.4 Å². The molecule has 0 bridgehead atoms. The van der Waals surface area contributed by atoms with Crippen LogP contribution in [0.4, 0.5) is 16.4 Å². The number of aliphatic imine (C=N–C) groups is 1. The topological polar surface area (TPSA) is 105 Å². The Morgan fingerprint density at radius 3 is 2.66 bits per heavy atom. The predicted molar refractivity (Wildman–Crippen MR) is 143 cm³/mol. The zero-order valence-corrected chi connectivity index (χ0v) is 22.1. The first-order valence-electron chi connectivity index (χ1n) is 11.3. The number of phenols is 1. The summed E-state index contributed by atoms with van der Waals surface area (Å²) in [6, 6.07) is 12.1. The minimum absolute atomic E-state index is 0.162. The predicted octanol–water partition coefficient (Wildman–Crippen LogP) is 7.28. The van der Waals surface area contributed by atoms with E-state index in [1.807, 2.05) is 30.3 Å². The Balaban J connectivity index is 1.74. The van der Waals surface area contributed by atoms with Gasteiger partial charge in [-0.2, -0.15) is 0 Å². The van der Waals surface area contributed by atoms with Crippen LogP contribution in [0.25, 0.3) is 0 Å². The summed E-state index contributed by atoms with van der Waals surface area (Å²) in [5, 5.41) is 24.8. The van der Waals surface area contributed by atoms with Gasteiger partial charge in [0.2, 0.25) is 5.75 Å². The first-order chi connectivity index (χ1) is 16.5. The molecule has 1 heterocycles.